The van der Waals surface area contributed by atoms with Crippen molar-refractivity contribution in [3.8, 4) is 0 Å². The fraction of sp³-hybridized carbons (Fsp3) is 0.333. The first-order valence-electron chi connectivity index (χ1n) is 5.32. The van der Waals surface area contributed by atoms with E-state index in [1.54, 1.807) is 12.1 Å². The number of benzene rings is 1. The van der Waals surface area contributed by atoms with Crippen molar-refractivity contribution in [1.82, 2.24) is 10.3 Å². The van der Waals surface area contributed by atoms with Crippen LogP contribution in [-0.2, 0) is 0 Å². The molecule has 0 radical (unpaired) electrons. The first-order valence-corrected chi connectivity index (χ1v) is 5.32. The highest BCUT2D eigenvalue weighted by Crippen LogP contribution is 2.25. The maximum absolute atomic E-state index is 13.0. The summed E-state index contributed by atoms with van der Waals surface area (Å²) in [6.45, 7) is 2.10. The molecule has 2 heterocycles. The molecular formula is C12H13FN2. The van der Waals surface area contributed by atoms with Crippen LogP contribution >= 0.6 is 0 Å². The Morgan fingerprint density at radius 1 is 1.27 bits per heavy atom. The predicted molar refractivity (Wildman–Crippen MR) is 58.5 cm³/mol. The molecule has 0 bridgehead atoms. The number of fused-ring (bicyclic) bond motifs is 1. The van der Waals surface area contributed by atoms with Gasteiger partial charge in [-0.05, 0) is 37.2 Å². The second-order valence-corrected chi connectivity index (χ2v) is 4.15. The van der Waals surface area contributed by atoms with Gasteiger partial charge in [-0.25, -0.2) is 4.39 Å². The first kappa shape index (κ1) is 8.92. The van der Waals surface area contributed by atoms with Gasteiger partial charge >= 0.3 is 0 Å². The quantitative estimate of drug-likeness (QED) is 0.733. The molecule has 1 aromatic heterocycles. The third-order valence-electron chi connectivity index (χ3n) is 3.10. The summed E-state index contributed by atoms with van der Waals surface area (Å²) in [5.41, 5.74) is 2.25. The molecule has 2 aromatic rings. The average molecular weight is 204 g/mol. The Balaban J connectivity index is 2.05. The number of aromatic nitrogens is 1. The zero-order chi connectivity index (χ0) is 10.3. The third kappa shape index (κ3) is 1.53. The van der Waals surface area contributed by atoms with Gasteiger partial charge in [-0.15, -0.1) is 0 Å². The molecule has 3 heteroatoms. The van der Waals surface area contributed by atoms with Crippen molar-refractivity contribution in [2.24, 2.45) is 0 Å². The maximum Gasteiger partial charge on any atom is 0.123 e. The van der Waals surface area contributed by atoms with Crippen LogP contribution in [0.25, 0.3) is 10.9 Å². The molecule has 0 saturated carbocycles. The molecule has 3 rings (SSSR count). The van der Waals surface area contributed by atoms with Gasteiger partial charge in [0.2, 0.25) is 0 Å². The molecule has 1 atom stereocenters. The van der Waals surface area contributed by atoms with E-state index in [0.29, 0.717) is 5.92 Å². The van der Waals surface area contributed by atoms with Gasteiger partial charge in [0.05, 0.1) is 0 Å². The van der Waals surface area contributed by atoms with Crippen molar-refractivity contribution in [3.05, 3.63) is 35.8 Å². The molecule has 1 unspecified atom stereocenters. The lowest BCUT2D eigenvalue weighted by atomic mass is 10.1. The molecule has 1 fully saturated rings. The average Bonchev–Trinajstić information content (AvgIpc) is 2.84. The van der Waals surface area contributed by atoms with Crippen molar-refractivity contribution in [2.75, 3.05) is 13.1 Å². The van der Waals surface area contributed by atoms with Gasteiger partial charge in [0.1, 0.15) is 5.82 Å². The Kier molecular flexibility index (Phi) is 1.99. The van der Waals surface area contributed by atoms with Gasteiger partial charge in [-0.3, -0.25) is 0 Å². The number of halogens is 1. The molecule has 1 aliphatic rings. The Morgan fingerprint density at radius 3 is 3.00 bits per heavy atom. The number of nitrogens with one attached hydrogen (secondary N) is 2. The smallest absolute Gasteiger partial charge is 0.123 e. The topological polar surface area (TPSA) is 27.8 Å². The minimum atomic E-state index is -0.169. The first-order chi connectivity index (χ1) is 7.33. The van der Waals surface area contributed by atoms with E-state index in [1.807, 2.05) is 0 Å². The van der Waals surface area contributed by atoms with Gasteiger partial charge in [-0.2, -0.15) is 0 Å². The lowest BCUT2D eigenvalue weighted by molar-refractivity contribution is 0.630. The van der Waals surface area contributed by atoms with Crippen LogP contribution in [0.4, 0.5) is 4.39 Å². The van der Waals surface area contributed by atoms with Crippen molar-refractivity contribution < 1.29 is 4.39 Å². The Morgan fingerprint density at radius 2 is 2.20 bits per heavy atom. The standard InChI is InChI=1S/C12H13FN2/c13-10-1-2-11-9(5-10)6-12(15-11)8-3-4-14-7-8/h1-2,5-6,8,14-15H,3-4,7H2. The summed E-state index contributed by atoms with van der Waals surface area (Å²) in [6.07, 6.45) is 1.16. The second kappa shape index (κ2) is 3.35. The number of H-pyrrole nitrogens is 1. The second-order valence-electron chi connectivity index (χ2n) is 4.15. The zero-order valence-corrected chi connectivity index (χ0v) is 8.39. The van der Waals surface area contributed by atoms with E-state index in [1.165, 1.54) is 11.8 Å². The molecule has 78 valence electrons. The van der Waals surface area contributed by atoms with Crippen molar-refractivity contribution >= 4 is 10.9 Å². The minimum Gasteiger partial charge on any atom is -0.358 e. The Hall–Kier alpha value is -1.35. The van der Waals surface area contributed by atoms with Gasteiger partial charge in [0, 0.05) is 29.1 Å². The molecule has 0 aliphatic carbocycles. The van der Waals surface area contributed by atoms with E-state index < -0.39 is 0 Å². The summed E-state index contributed by atoms with van der Waals surface area (Å²) in [6, 6.07) is 6.94. The molecule has 2 nitrogen and oxygen atoms in total. The van der Waals surface area contributed by atoms with Crippen LogP contribution in [0.1, 0.15) is 18.0 Å². The number of hydrogen-bond acceptors (Lipinski definition) is 1. The summed E-state index contributed by atoms with van der Waals surface area (Å²) < 4.78 is 13.0. The van der Waals surface area contributed by atoms with E-state index in [2.05, 4.69) is 16.4 Å². The van der Waals surface area contributed by atoms with Gasteiger partial charge < -0.3 is 10.3 Å². The Labute approximate surface area is 87.5 Å². The number of aromatic amines is 1. The van der Waals surface area contributed by atoms with Crippen LogP contribution in [0, 0.1) is 5.82 Å². The molecule has 1 saturated heterocycles. The molecule has 2 N–H and O–H groups in total. The monoisotopic (exact) mass is 204 g/mol. The highest BCUT2D eigenvalue weighted by atomic mass is 19.1. The van der Waals surface area contributed by atoms with E-state index in [9.17, 15) is 4.39 Å². The lowest BCUT2D eigenvalue weighted by Gasteiger charge is -2.03. The van der Waals surface area contributed by atoms with E-state index in [4.69, 9.17) is 0 Å². The molecule has 15 heavy (non-hydrogen) atoms. The molecule has 1 aromatic carbocycles. The molecule has 0 amide bonds. The maximum atomic E-state index is 13.0. The van der Waals surface area contributed by atoms with Crippen LogP contribution < -0.4 is 5.32 Å². The summed E-state index contributed by atoms with van der Waals surface area (Å²) in [4.78, 5) is 3.36. The van der Waals surface area contributed by atoms with Gasteiger partial charge in [0.25, 0.3) is 0 Å². The molecule has 1 aliphatic heterocycles. The van der Waals surface area contributed by atoms with Gasteiger partial charge in [-0.1, -0.05) is 0 Å². The predicted octanol–water partition coefficient (Wildman–Crippen LogP) is 2.38. The largest absolute Gasteiger partial charge is 0.358 e. The van der Waals surface area contributed by atoms with Crippen LogP contribution in [0.5, 0.6) is 0 Å². The van der Waals surface area contributed by atoms with E-state index >= 15 is 0 Å². The molecule has 0 spiro atoms. The summed E-state index contributed by atoms with van der Waals surface area (Å²) >= 11 is 0. The summed E-state index contributed by atoms with van der Waals surface area (Å²) in [7, 11) is 0. The summed E-state index contributed by atoms with van der Waals surface area (Å²) in [5, 5.41) is 4.30. The van der Waals surface area contributed by atoms with Crippen molar-refractivity contribution in [1.29, 1.82) is 0 Å². The highest BCUT2D eigenvalue weighted by molar-refractivity contribution is 5.80. The minimum absolute atomic E-state index is 0.169. The lowest BCUT2D eigenvalue weighted by Crippen LogP contribution is -2.07. The van der Waals surface area contributed by atoms with Crippen LogP contribution in [0.2, 0.25) is 0 Å². The Bertz CT molecular complexity index is 483. The number of rotatable bonds is 1. The van der Waals surface area contributed by atoms with E-state index in [-0.39, 0.29) is 5.82 Å². The third-order valence-corrected chi connectivity index (χ3v) is 3.10. The normalized spacial score (nSPS) is 21.3. The fourth-order valence-corrected chi connectivity index (χ4v) is 2.27. The van der Waals surface area contributed by atoms with Crippen LogP contribution in [-0.4, -0.2) is 18.1 Å². The summed E-state index contributed by atoms with van der Waals surface area (Å²) in [5.74, 6) is 0.387. The van der Waals surface area contributed by atoms with Crippen molar-refractivity contribution in [2.45, 2.75) is 12.3 Å². The van der Waals surface area contributed by atoms with Crippen molar-refractivity contribution in [3.63, 3.8) is 0 Å². The van der Waals surface area contributed by atoms with Crippen LogP contribution in [0.15, 0.2) is 24.3 Å². The highest BCUT2D eigenvalue weighted by Gasteiger charge is 2.18. The zero-order valence-electron chi connectivity index (χ0n) is 8.39. The van der Waals surface area contributed by atoms with Gasteiger partial charge in [0.15, 0.2) is 0 Å². The fourth-order valence-electron chi connectivity index (χ4n) is 2.27. The van der Waals surface area contributed by atoms with E-state index in [0.717, 1.165) is 30.4 Å². The van der Waals surface area contributed by atoms with Crippen LogP contribution in [0.3, 0.4) is 0 Å². The molecular weight excluding hydrogens is 191 g/mol. The SMILES string of the molecule is Fc1ccc2[nH]c(C3CCNC3)cc2c1. The number of hydrogen-bond donors (Lipinski definition) is 2.